The minimum atomic E-state index is 0.693. The molecule has 2 aromatic heterocycles. The molecule has 0 aliphatic rings. The number of fused-ring (bicyclic) bond motifs is 7. The number of para-hydroxylation sites is 1. The molecule has 28 heavy (non-hydrogen) atoms. The lowest BCUT2D eigenvalue weighted by Crippen LogP contribution is -1.93. The molecule has 0 fully saturated rings. The molecule has 0 unspecified atom stereocenters. The molecule has 2 nitrogen and oxygen atoms in total. The number of thiophene rings is 1. The van der Waals surface area contributed by atoms with Crippen LogP contribution in [0, 0.1) is 0 Å². The van der Waals surface area contributed by atoms with Crippen LogP contribution in [0.3, 0.4) is 0 Å². The zero-order valence-corrected chi connectivity index (χ0v) is 15.7. The second kappa shape index (κ2) is 5.78. The van der Waals surface area contributed by atoms with Crippen LogP contribution in [0.5, 0.6) is 0 Å². The Morgan fingerprint density at radius 2 is 1.50 bits per heavy atom. The highest BCUT2D eigenvalue weighted by molar-refractivity contribution is 7.26. The highest BCUT2D eigenvalue weighted by atomic mass is 32.1. The third kappa shape index (κ3) is 2.05. The first-order chi connectivity index (χ1) is 13.8. The third-order valence-electron chi connectivity index (χ3n) is 5.44. The quantitative estimate of drug-likeness (QED) is 0.299. The SMILES string of the molecule is O=Cc1ccc2c3c4c(ccc3n(-c3ccccc3)c2c1)sc1ccccc14. The Hall–Kier alpha value is -3.43. The molecule has 0 spiro atoms. The number of aldehydes is 1. The Labute approximate surface area is 165 Å². The fourth-order valence-electron chi connectivity index (χ4n) is 4.27. The van der Waals surface area contributed by atoms with Gasteiger partial charge in [0.2, 0.25) is 0 Å². The van der Waals surface area contributed by atoms with Gasteiger partial charge in [0.25, 0.3) is 0 Å². The van der Waals surface area contributed by atoms with E-state index in [1.165, 1.54) is 36.5 Å². The maximum absolute atomic E-state index is 11.5. The average molecular weight is 377 g/mol. The van der Waals surface area contributed by atoms with Gasteiger partial charge in [0.05, 0.1) is 11.0 Å². The first-order valence-electron chi connectivity index (χ1n) is 9.24. The maximum Gasteiger partial charge on any atom is 0.150 e. The van der Waals surface area contributed by atoms with Crippen molar-refractivity contribution in [2.24, 2.45) is 0 Å². The smallest absolute Gasteiger partial charge is 0.150 e. The van der Waals surface area contributed by atoms with Gasteiger partial charge in [0.1, 0.15) is 6.29 Å². The van der Waals surface area contributed by atoms with E-state index in [0.717, 1.165) is 17.5 Å². The van der Waals surface area contributed by atoms with Crippen LogP contribution < -0.4 is 0 Å². The van der Waals surface area contributed by atoms with Crippen LogP contribution in [0.15, 0.2) is 84.9 Å². The molecule has 3 heteroatoms. The summed E-state index contributed by atoms with van der Waals surface area (Å²) in [6.07, 6.45) is 0.919. The monoisotopic (exact) mass is 377 g/mol. The molecule has 0 saturated carbocycles. The predicted octanol–water partition coefficient (Wildman–Crippen LogP) is 6.96. The van der Waals surface area contributed by atoms with Gasteiger partial charge in [-0.2, -0.15) is 0 Å². The summed E-state index contributed by atoms with van der Waals surface area (Å²) in [5.74, 6) is 0. The molecule has 0 amide bonds. The molecule has 0 saturated heterocycles. The van der Waals surface area contributed by atoms with Crippen molar-refractivity contribution in [3.05, 3.63) is 90.5 Å². The molecule has 0 atom stereocenters. The number of aromatic nitrogens is 1. The van der Waals surface area contributed by atoms with Crippen molar-refractivity contribution < 1.29 is 4.79 Å². The van der Waals surface area contributed by atoms with Gasteiger partial charge < -0.3 is 4.57 Å². The maximum atomic E-state index is 11.5. The second-order valence-corrected chi connectivity index (χ2v) is 8.08. The van der Waals surface area contributed by atoms with E-state index < -0.39 is 0 Å². The van der Waals surface area contributed by atoms with E-state index in [9.17, 15) is 4.79 Å². The Bertz CT molecular complexity index is 1520. The zero-order chi connectivity index (χ0) is 18.7. The van der Waals surface area contributed by atoms with Gasteiger partial charge in [-0.05, 0) is 36.4 Å². The summed E-state index contributed by atoms with van der Waals surface area (Å²) >= 11 is 1.83. The van der Waals surface area contributed by atoms with Gasteiger partial charge in [-0.3, -0.25) is 4.79 Å². The molecule has 0 aliphatic heterocycles. The number of rotatable bonds is 2. The average Bonchev–Trinajstić information content (AvgIpc) is 3.29. The van der Waals surface area contributed by atoms with E-state index >= 15 is 0 Å². The first kappa shape index (κ1) is 15.6. The van der Waals surface area contributed by atoms with Crippen LogP contribution in [0.2, 0.25) is 0 Å². The Morgan fingerprint density at radius 3 is 2.36 bits per heavy atom. The summed E-state index contributed by atoms with van der Waals surface area (Å²) in [6.45, 7) is 0. The number of hydrogen-bond donors (Lipinski definition) is 0. The van der Waals surface area contributed by atoms with E-state index in [1.54, 1.807) is 0 Å². The van der Waals surface area contributed by atoms with Crippen molar-refractivity contribution in [1.29, 1.82) is 0 Å². The minimum Gasteiger partial charge on any atom is -0.309 e. The summed E-state index contributed by atoms with van der Waals surface area (Å²) in [6, 6.07) is 29.4. The summed E-state index contributed by atoms with van der Waals surface area (Å²) in [7, 11) is 0. The van der Waals surface area contributed by atoms with Crippen molar-refractivity contribution in [3.63, 3.8) is 0 Å². The van der Waals surface area contributed by atoms with Gasteiger partial charge in [-0.1, -0.05) is 48.5 Å². The number of nitrogens with zero attached hydrogens (tertiary/aromatic N) is 1. The molecular weight excluding hydrogens is 362 g/mol. The largest absolute Gasteiger partial charge is 0.309 e. The fraction of sp³-hybridized carbons (Fsp3) is 0. The van der Waals surface area contributed by atoms with Gasteiger partial charge >= 0.3 is 0 Å². The molecule has 0 aliphatic carbocycles. The third-order valence-corrected chi connectivity index (χ3v) is 6.58. The Kier molecular flexibility index (Phi) is 3.22. The molecule has 0 bridgehead atoms. The molecule has 132 valence electrons. The molecule has 0 N–H and O–H groups in total. The number of hydrogen-bond acceptors (Lipinski definition) is 2. The lowest BCUT2D eigenvalue weighted by molar-refractivity contribution is 0.112. The van der Waals surface area contributed by atoms with Crippen molar-refractivity contribution in [2.75, 3.05) is 0 Å². The van der Waals surface area contributed by atoms with Crippen molar-refractivity contribution in [2.45, 2.75) is 0 Å². The lowest BCUT2D eigenvalue weighted by Gasteiger charge is -2.07. The fourth-order valence-corrected chi connectivity index (χ4v) is 5.38. The highest BCUT2D eigenvalue weighted by Gasteiger charge is 2.17. The van der Waals surface area contributed by atoms with E-state index in [0.29, 0.717) is 5.56 Å². The van der Waals surface area contributed by atoms with Crippen LogP contribution in [0.25, 0.3) is 47.7 Å². The van der Waals surface area contributed by atoms with Crippen LogP contribution in [0.1, 0.15) is 10.4 Å². The van der Waals surface area contributed by atoms with Crippen molar-refractivity contribution in [1.82, 2.24) is 4.57 Å². The molecule has 6 rings (SSSR count). The van der Waals surface area contributed by atoms with Crippen molar-refractivity contribution in [3.8, 4) is 5.69 Å². The van der Waals surface area contributed by atoms with Crippen LogP contribution in [-0.2, 0) is 0 Å². The van der Waals surface area contributed by atoms with E-state index in [2.05, 4.69) is 71.3 Å². The summed E-state index contributed by atoms with van der Waals surface area (Å²) in [4.78, 5) is 11.5. The topological polar surface area (TPSA) is 22.0 Å². The first-order valence-corrected chi connectivity index (χ1v) is 10.1. The molecular formula is C25H15NOS. The number of carbonyl (C=O) groups excluding carboxylic acids is 1. The lowest BCUT2D eigenvalue weighted by atomic mass is 10.0. The van der Waals surface area contributed by atoms with Crippen LogP contribution >= 0.6 is 11.3 Å². The second-order valence-electron chi connectivity index (χ2n) is 7.00. The Balaban J connectivity index is 1.91. The van der Waals surface area contributed by atoms with E-state index in [-0.39, 0.29) is 0 Å². The van der Waals surface area contributed by atoms with Gasteiger partial charge in [0, 0.05) is 42.2 Å². The summed E-state index contributed by atoms with van der Waals surface area (Å²) < 4.78 is 4.86. The predicted molar refractivity (Wildman–Crippen MR) is 119 cm³/mol. The number of benzene rings is 4. The van der Waals surface area contributed by atoms with E-state index in [1.807, 2.05) is 29.5 Å². The minimum absolute atomic E-state index is 0.693. The highest BCUT2D eigenvalue weighted by Crippen LogP contribution is 2.43. The van der Waals surface area contributed by atoms with Crippen LogP contribution in [-0.4, -0.2) is 10.9 Å². The normalized spacial score (nSPS) is 11.7. The summed E-state index contributed by atoms with van der Waals surface area (Å²) in [5.41, 5.74) is 4.03. The van der Waals surface area contributed by atoms with E-state index in [4.69, 9.17) is 0 Å². The number of carbonyl (C=O) groups is 1. The van der Waals surface area contributed by atoms with Gasteiger partial charge in [-0.15, -0.1) is 11.3 Å². The van der Waals surface area contributed by atoms with Crippen LogP contribution in [0.4, 0.5) is 0 Å². The molecule has 2 heterocycles. The molecule has 0 radical (unpaired) electrons. The zero-order valence-electron chi connectivity index (χ0n) is 14.9. The van der Waals surface area contributed by atoms with Gasteiger partial charge in [0.15, 0.2) is 0 Å². The molecule has 4 aromatic carbocycles. The van der Waals surface area contributed by atoms with Crippen molar-refractivity contribution >= 4 is 59.6 Å². The standard InChI is InChI=1S/C25H15NOS/c27-15-16-10-11-18-21(14-16)26(17-6-2-1-3-7-17)20-12-13-23-25(24(18)20)19-8-4-5-9-22(19)28-23/h1-15H. The summed E-state index contributed by atoms with van der Waals surface area (Å²) in [5, 5.41) is 5.03. The Morgan fingerprint density at radius 1 is 0.679 bits per heavy atom. The molecule has 6 aromatic rings. The van der Waals surface area contributed by atoms with Gasteiger partial charge in [-0.25, -0.2) is 0 Å².